The van der Waals surface area contributed by atoms with E-state index in [-0.39, 0.29) is 0 Å². The Labute approximate surface area is 108 Å². The van der Waals surface area contributed by atoms with Crippen molar-refractivity contribution in [2.24, 2.45) is 0 Å². The lowest BCUT2D eigenvalue weighted by molar-refractivity contribution is -0.139. The summed E-state index contributed by atoms with van der Waals surface area (Å²) in [7, 11) is 0. The Morgan fingerprint density at radius 3 is 2.44 bits per heavy atom. The van der Waals surface area contributed by atoms with Gasteiger partial charge < -0.3 is 5.11 Å². The molecule has 0 saturated heterocycles. The van der Waals surface area contributed by atoms with Gasteiger partial charge in [0, 0.05) is 12.3 Å². The number of nitrogens with zero attached hydrogens (tertiary/aromatic N) is 1. The summed E-state index contributed by atoms with van der Waals surface area (Å²) >= 11 is 5.80. The maximum atomic E-state index is 11.7. The Bertz CT molecular complexity index is 622. The molecule has 1 aromatic heterocycles. The molecule has 18 heavy (non-hydrogen) atoms. The standard InChI is InChI=1S/C13H10ClNO3/c14-10-6-7-11(16)15(8-10)12(13(17)18)9-4-2-1-3-5-9/h1-8,12H,(H,17,18). The van der Waals surface area contributed by atoms with Crippen molar-refractivity contribution in [1.29, 1.82) is 0 Å². The number of benzene rings is 1. The van der Waals surface area contributed by atoms with Crippen LogP contribution in [0.5, 0.6) is 0 Å². The molecule has 1 unspecified atom stereocenters. The van der Waals surface area contributed by atoms with Crippen LogP contribution in [0, 0.1) is 0 Å². The molecule has 0 spiro atoms. The lowest BCUT2D eigenvalue weighted by atomic mass is 10.1. The highest BCUT2D eigenvalue weighted by molar-refractivity contribution is 6.30. The van der Waals surface area contributed by atoms with E-state index >= 15 is 0 Å². The number of hydrogen-bond donors (Lipinski definition) is 1. The van der Waals surface area contributed by atoms with E-state index in [9.17, 15) is 14.7 Å². The second-order valence-corrected chi connectivity index (χ2v) is 4.18. The predicted molar refractivity (Wildman–Crippen MR) is 67.9 cm³/mol. The topological polar surface area (TPSA) is 59.3 Å². The molecular formula is C13H10ClNO3. The average molecular weight is 264 g/mol. The number of carbonyl (C=O) groups is 1. The number of pyridine rings is 1. The monoisotopic (exact) mass is 263 g/mol. The first-order valence-electron chi connectivity index (χ1n) is 5.25. The van der Waals surface area contributed by atoms with E-state index in [2.05, 4.69) is 0 Å². The van der Waals surface area contributed by atoms with Crippen molar-refractivity contribution >= 4 is 17.6 Å². The maximum Gasteiger partial charge on any atom is 0.331 e. The summed E-state index contributed by atoms with van der Waals surface area (Å²) < 4.78 is 1.11. The largest absolute Gasteiger partial charge is 0.479 e. The molecule has 0 saturated carbocycles. The van der Waals surface area contributed by atoms with Gasteiger partial charge in [-0.15, -0.1) is 0 Å². The second kappa shape index (κ2) is 5.06. The van der Waals surface area contributed by atoms with Crippen molar-refractivity contribution < 1.29 is 9.90 Å². The fraction of sp³-hybridized carbons (Fsp3) is 0.0769. The zero-order valence-corrected chi connectivity index (χ0v) is 10.0. The molecule has 0 bridgehead atoms. The fourth-order valence-electron chi connectivity index (χ4n) is 1.74. The van der Waals surface area contributed by atoms with Crippen LogP contribution in [0.4, 0.5) is 0 Å². The molecular weight excluding hydrogens is 254 g/mol. The Morgan fingerprint density at radius 2 is 1.83 bits per heavy atom. The molecule has 1 N–H and O–H groups in total. The van der Waals surface area contributed by atoms with Crippen LogP contribution in [-0.4, -0.2) is 15.6 Å². The summed E-state index contributed by atoms with van der Waals surface area (Å²) in [5.74, 6) is -1.11. The quantitative estimate of drug-likeness (QED) is 0.923. The zero-order chi connectivity index (χ0) is 13.1. The maximum absolute atomic E-state index is 11.7. The first kappa shape index (κ1) is 12.4. The van der Waals surface area contributed by atoms with E-state index in [4.69, 9.17) is 11.6 Å². The molecule has 1 atom stereocenters. The Morgan fingerprint density at radius 1 is 1.17 bits per heavy atom. The lowest BCUT2D eigenvalue weighted by Crippen LogP contribution is -2.29. The number of carboxylic acid groups (broad SMARTS) is 1. The first-order chi connectivity index (χ1) is 8.59. The van der Waals surface area contributed by atoms with Crippen molar-refractivity contribution in [3.63, 3.8) is 0 Å². The van der Waals surface area contributed by atoms with Gasteiger partial charge in [-0.1, -0.05) is 41.9 Å². The second-order valence-electron chi connectivity index (χ2n) is 3.74. The molecule has 92 valence electrons. The molecule has 0 aliphatic heterocycles. The molecule has 1 heterocycles. The number of halogens is 1. The van der Waals surface area contributed by atoms with Crippen LogP contribution in [0.15, 0.2) is 53.5 Å². The van der Waals surface area contributed by atoms with Crippen molar-refractivity contribution in [2.45, 2.75) is 6.04 Å². The third kappa shape index (κ3) is 2.43. The summed E-state index contributed by atoms with van der Waals surface area (Å²) in [5, 5.41) is 9.61. The van der Waals surface area contributed by atoms with E-state index in [0.29, 0.717) is 10.6 Å². The third-order valence-electron chi connectivity index (χ3n) is 2.53. The highest BCUT2D eigenvalue weighted by Gasteiger charge is 2.22. The van der Waals surface area contributed by atoms with Crippen molar-refractivity contribution in [3.05, 3.63) is 69.6 Å². The molecule has 0 fully saturated rings. The molecule has 0 radical (unpaired) electrons. The minimum absolute atomic E-state index is 0.316. The molecule has 0 amide bonds. The number of aliphatic carboxylic acids is 1. The van der Waals surface area contributed by atoms with Crippen LogP contribution in [0.3, 0.4) is 0 Å². The number of rotatable bonds is 3. The van der Waals surface area contributed by atoms with Gasteiger partial charge in [-0.2, -0.15) is 0 Å². The van der Waals surface area contributed by atoms with Crippen molar-refractivity contribution in [2.75, 3.05) is 0 Å². The lowest BCUT2D eigenvalue weighted by Gasteiger charge is -2.16. The zero-order valence-electron chi connectivity index (χ0n) is 9.29. The van der Waals surface area contributed by atoms with Crippen molar-refractivity contribution in [1.82, 2.24) is 4.57 Å². The van der Waals surface area contributed by atoms with Crippen LogP contribution in [0.1, 0.15) is 11.6 Å². The fourth-order valence-corrected chi connectivity index (χ4v) is 1.90. The number of carboxylic acids is 1. The molecule has 5 heteroatoms. The minimum Gasteiger partial charge on any atom is -0.479 e. The minimum atomic E-state index is -1.11. The summed E-state index contributed by atoms with van der Waals surface area (Å²) in [4.78, 5) is 23.1. The Kier molecular flexibility index (Phi) is 3.48. The summed E-state index contributed by atoms with van der Waals surface area (Å²) in [6.07, 6.45) is 1.33. The molecule has 0 aliphatic carbocycles. The number of aromatic nitrogens is 1. The first-order valence-corrected chi connectivity index (χ1v) is 5.63. The molecule has 2 aromatic rings. The smallest absolute Gasteiger partial charge is 0.331 e. The van der Waals surface area contributed by atoms with E-state index in [1.807, 2.05) is 0 Å². The summed E-state index contributed by atoms with van der Waals surface area (Å²) in [6, 6.07) is 10.2. The molecule has 2 rings (SSSR count). The van der Waals surface area contributed by atoms with Crippen LogP contribution in [0.2, 0.25) is 5.02 Å². The molecule has 1 aromatic carbocycles. The Hall–Kier alpha value is -2.07. The van der Waals surface area contributed by atoms with Gasteiger partial charge >= 0.3 is 5.97 Å². The summed E-state index contributed by atoms with van der Waals surface area (Å²) in [6.45, 7) is 0. The summed E-state index contributed by atoms with van der Waals surface area (Å²) in [5.41, 5.74) is 0.116. The Balaban J connectivity index is 2.59. The SMILES string of the molecule is O=C(O)C(c1ccccc1)n1cc(Cl)ccc1=O. The average Bonchev–Trinajstić information content (AvgIpc) is 2.35. The highest BCUT2D eigenvalue weighted by atomic mass is 35.5. The van der Waals surface area contributed by atoms with E-state index in [1.54, 1.807) is 30.3 Å². The molecule has 0 aliphatic rings. The van der Waals surface area contributed by atoms with Gasteiger partial charge in [-0.25, -0.2) is 4.79 Å². The van der Waals surface area contributed by atoms with Gasteiger partial charge in [0.15, 0.2) is 6.04 Å². The predicted octanol–water partition coefficient (Wildman–Crippen LogP) is 2.18. The normalized spacial score (nSPS) is 12.1. The van der Waals surface area contributed by atoms with Gasteiger partial charge in [0.1, 0.15) is 0 Å². The van der Waals surface area contributed by atoms with Gasteiger partial charge in [0.25, 0.3) is 5.56 Å². The number of hydrogen-bond acceptors (Lipinski definition) is 2. The van der Waals surface area contributed by atoms with E-state index in [0.717, 1.165) is 4.57 Å². The van der Waals surface area contributed by atoms with Crippen molar-refractivity contribution in [3.8, 4) is 0 Å². The van der Waals surface area contributed by atoms with Gasteiger partial charge in [0.2, 0.25) is 0 Å². The van der Waals surface area contributed by atoms with Crippen LogP contribution < -0.4 is 5.56 Å². The van der Waals surface area contributed by atoms with Gasteiger partial charge in [-0.05, 0) is 11.6 Å². The van der Waals surface area contributed by atoms with Gasteiger partial charge in [-0.3, -0.25) is 9.36 Å². The van der Waals surface area contributed by atoms with E-state index < -0.39 is 17.6 Å². The highest BCUT2D eigenvalue weighted by Crippen LogP contribution is 2.18. The third-order valence-corrected chi connectivity index (χ3v) is 2.75. The van der Waals surface area contributed by atoms with Crippen LogP contribution in [0.25, 0.3) is 0 Å². The van der Waals surface area contributed by atoms with E-state index in [1.165, 1.54) is 18.3 Å². The van der Waals surface area contributed by atoms with Crippen LogP contribution in [-0.2, 0) is 4.79 Å². The van der Waals surface area contributed by atoms with Crippen LogP contribution >= 0.6 is 11.6 Å². The van der Waals surface area contributed by atoms with Gasteiger partial charge in [0.05, 0.1) is 5.02 Å². The molecule has 4 nitrogen and oxygen atoms in total.